The lowest BCUT2D eigenvalue weighted by atomic mass is 9.97. The first kappa shape index (κ1) is 15.4. The number of halogens is 1. The van der Waals surface area contributed by atoms with Crippen molar-refractivity contribution >= 4 is 5.91 Å². The van der Waals surface area contributed by atoms with Crippen LogP contribution in [0.4, 0.5) is 4.39 Å². The summed E-state index contributed by atoms with van der Waals surface area (Å²) in [6.07, 6.45) is 3.07. The molecule has 22 heavy (non-hydrogen) atoms. The van der Waals surface area contributed by atoms with Crippen molar-refractivity contribution in [3.05, 3.63) is 35.6 Å². The second-order valence-corrected chi connectivity index (χ2v) is 6.33. The highest BCUT2D eigenvalue weighted by Gasteiger charge is 2.36. The van der Waals surface area contributed by atoms with Crippen molar-refractivity contribution in [2.75, 3.05) is 19.7 Å². The van der Waals surface area contributed by atoms with Gasteiger partial charge in [-0.05, 0) is 18.9 Å². The molecular weight excluding hydrogens is 285 g/mol. The summed E-state index contributed by atoms with van der Waals surface area (Å²) in [5.74, 6) is -0.370. The number of hydrogen-bond acceptors (Lipinski definition) is 3. The first-order valence-corrected chi connectivity index (χ1v) is 7.94. The molecule has 4 nitrogen and oxygen atoms in total. The predicted molar refractivity (Wildman–Crippen MR) is 79.7 cm³/mol. The van der Waals surface area contributed by atoms with Crippen molar-refractivity contribution in [2.45, 2.75) is 43.8 Å². The smallest absolute Gasteiger partial charge is 0.225 e. The summed E-state index contributed by atoms with van der Waals surface area (Å²) < 4.78 is 19.5. The molecule has 3 rings (SSSR count). The highest BCUT2D eigenvalue weighted by atomic mass is 19.1. The van der Waals surface area contributed by atoms with E-state index in [2.05, 4.69) is 0 Å². The summed E-state index contributed by atoms with van der Waals surface area (Å²) in [6, 6.07) is 6.50. The van der Waals surface area contributed by atoms with Gasteiger partial charge in [0.05, 0.1) is 25.2 Å². The first-order chi connectivity index (χ1) is 10.6. The van der Waals surface area contributed by atoms with E-state index in [1.165, 1.54) is 6.07 Å². The molecule has 120 valence electrons. The van der Waals surface area contributed by atoms with Gasteiger partial charge in [-0.3, -0.25) is 4.79 Å². The van der Waals surface area contributed by atoms with Gasteiger partial charge in [0.2, 0.25) is 5.91 Å². The van der Waals surface area contributed by atoms with Crippen LogP contribution >= 0.6 is 0 Å². The molecule has 1 atom stereocenters. The molecule has 1 saturated carbocycles. The Kier molecular flexibility index (Phi) is 4.45. The zero-order valence-electron chi connectivity index (χ0n) is 12.6. The summed E-state index contributed by atoms with van der Waals surface area (Å²) in [4.78, 5) is 14.1. The normalized spacial score (nSPS) is 24.5. The van der Waals surface area contributed by atoms with Gasteiger partial charge in [0.25, 0.3) is 0 Å². The second-order valence-electron chi connectivity index (χ2n) is 6.33. The molecule has 0 spiro atoms. The fraction of sp³-hybridized carbons (Fsp3) is 0.588. The third kappa shape index (κ3) is 3.31. The molecule has 0 bridgehead atoms. The lowest BCUT2D eigenvalue weighted by Gasteiger charge is -2.35. The maximum Gasteiger partial charge on any atom is 0.225 e. The quantitative estimate of drug-likeness (QED) is 0.933. The zero-order chi connectivity index (χ0) is 15.6. The van der Waals surface area contributed by atoms with Crippen LogP contribution in [0.25, 0.3) is 0 Å². The minimum atomic E-state index is -0.844. The van der Waals surface area contributed by atoms with Crippen LogP contribution in [0.1, 0.15) is 43.8 Å². The molecule has 2 aliphatic rings. The summed E-state index contributed by atoms with van der Waals surface area (Å²) in [7, 11) is 0. The standard InChI is InChI=1S/C17H22FNO3/c18-14-6-2-1-5-13(14)15-12-19(9-10-22-15)16(20)11-17(21)7-3-4-8-17/h1-2,5-6,15,21H,3-4,7-12H2. The zero-order valence-corrected chi connectivity index (χ0v) is 12.6. The van der Waals surface area contributed by atoms with Crippen LogP contribution in [0, 0.1) is 5.82 Å². The number of carbonyl (C=O) groups is 1. The average Bonchev–Trinajstić information content (AvgIpc) is 2.94. The number of hydrogen-bond donors (Lipinski definition) is 1. The third-order valence-electron chi connectivity index (χ3n) is 4.69. The Morgan fingerprint density at radius 2 is 2.09 bits per heavy atom. The van der Waals surface area contributed by atoms with Gasteiger partial charge in [0.15, 0.2) is 0 Å². The molecular formula is C17H22FNO3. The number of nitrogens with zero attached hydrogens (tertiary/aromatic N) is 1. The average molecular weight is 307 g/mol. The van der Waals surface area contributed by atoms with Crippen molar-refractivity contribution in [3.8, 4) is 0 Å². The Morgan fingerprint density at radius 3 is 2.82 bits per heavy atom. The Hall–Kier alpha value is -1.46. The lowest BCUT2D eigenvalue weighted by Crippen LogP contribution is -2.45. The van der Waals surface area contributed by atoms with Crippen molar-refractivity contribution < 1.29 is 19.0 Å². The second kappa shape index (κ2) is 6.34. The topological polar surface area (TPSA) is 49.8 Å². The van der Waals surface area contributed by atoms with Crippen LogP contribution in [0.3, 0.4) is 0 Å². The van der Waals surface area contributed by atoms with E-state index >= 15 is 0 Å². The molecule has 1 N–H and O–H groups in total. The van der Waals surface area contributed by atoms with Gasteiger partial charge in [-0.2, -0.15) is 0 Å². The summed E-state index contributed by atoms with van der Waals surface area (Å²) in [6.45, 7) is 1.24. The van der Waals surface area contributed by atoms with Gasteiger partial charge in [-0.1, -0.05) is 31.0 Å². The first-order valence-electron chi connectivity index (χ1n) is 7.94. The number of carbonyl (C=O) groups excluding carboxylic acids is 1. The van der Waals surface area contributed by atoms with E-state index in [4.69, 9.17) is 4.74 Å². The van der Waals surface area contributed by atoms with Crippen LogP contribution in [-0.2, 0) is 9.53 Å². The minimum Gasteiger partial charge on any atom is -0.389 e. The van der Waals surface area contributed by atoms with E-state index in [9.17, 15) is 14.3 Å². The molecule has 2 fully saturated rings. The van der Waals surface area contributed by atoms with Gasteiger partial charge in [0.1, 0.15) is 11.9 Å². The number of morpholine rings is 1. The summed E-state index contributed by atoms with van der Waals surface area (Å²) in [5.41, 5.74) is -0.359. The number of aliphatic hydroxyl groups is 1. The van der Waals surface area contributed by atoms with Crippen molar-refractivity contribution in [2.24, 2.45) is 0 Å². The molecule has 5 heteroatoms. The number of ether oxygens (including phenoxy) is 1. The van der Waals surface area contributed by atoms with E-state index in [0.717, 1.165) is 12.8 Å². The number of benzene rings is 1. The van der Waals surface area contributed by atoms with E-state index in [1.807, 2.05) is 0 Å². The molecule has 1 aliphatic carbocycles. The maximum absolute atomic E-state index is 13.9. The van der Waals surface area contributed by atoms with Crippen molar-refractivity contribution in [3.63, 3.8) is 0 Å². The molecule has 1 amide bonds. The summed E-state index contributed by atoms with van der Waals surface area (Å²) >= 11 is 0. The Balaban J connectivity index is 1.65. The van der Waals surface area contributed by atoms with Crippen LogP contribution in [0.2, 0.25) is 0 Å². The third-order valence-corrected chi connectivity index (χ3v) is 4.69. The van der Waals surface area contributed by atoms with Gasteiger partial charge < -0.3 is 14.7 Å². The van der Waals surface area contributed by atoms with E-state index in [-0.39, 0.29) is 18.1 Å². The van der Waals surface area contributed by atoms with E-state index < -0.39 is 11.7 Å². The van der Waals surface area contributed by atoms with Crippen LogP contribution in [0.15, 0.2) is 24.3 Å². The van der Waals surface area contributed by atoms with Gasteiger partial charge >= 0.3 is 0 Å². The molecule has 1 saturated heterocycles. The number of amides is 1. The SMILES string of the molecule is O=C(CC1(O)CCCC1)N1CCOC(c2ccccc2F)C1. The predicted octanol–water partition coefficient (Wildman–Crippen LogP) is 2.42. The fourth-order valence-corrected chi connectivity index (χ4v) is 3.40. The monoisotopic (exact) mass is 307 g/mol. The van der Waals surface area contributed by atoms with Crippen LogP contribution in [0.5, 0.6) is 0 Å². The molecule has 1 aliphatic heterocycles. The molecule has 0 aromatic heterocycles. The summed E-state index contributed by atoms with van der Waals surface area (Å²) in [5, 5.41) is 10.4. The molecule has 1 aromatic rings. The Labute approximate surface area is 129 Å². The number of rotatable bonds is 3. The maximum atomic E-state index is 13.9. The Morgan fingerprint density at radius 1 is 1.36 bits per heavy atom. The van der Waals surface area contributed by atoms with Crippen LogP contribution in [-0.4, -0.2) is 41.2 Å². The lowest BCUT2D eigenvalue weighted by molar-refractivity contribution is -0.144. The largest absolute Gasteiger partial charge is 0.389 e. The van der Waals surface area contributed by atoms with Gasteiger partial charge in [-0.25, -0.2) is 4.39 Å². The van der Waals surface area contributed by atoms with Crippen molar-refractivity contribution in [1.29, 1.82) is 0 Å². The highest BCUT2D eigenvalue weighted by molar-refractivity contribution is 5.77. The van der Waals surface area contributed by atoms with E-state index in [0.29, 0.717) is 38.1 Å². The Bertz CT molecular complexity index is 542. The fourth-order valence-electron chi connectivity index (χ4n) is 3.40. The van der Waals surface area contributed by atoms with Gasteiger partial charge in [0, 0.05) is 12.1 Å². The van der Waals surface area contributed by atoms with E-state index in [1.54, 1.807) is 23.1 Å². The molecule has 1 heterocycles. The van der Waals surface area contributed by atoms with Crippen LogP contribution < -0.4 is 0 Å². The molecule has 1 aromatic carbocycles. The van der Waals surface area contributed by atoms with Gasteiger partial charge in [-0.15, -0.1) is 0 Å². The molecule has 0 radical (unpaired) electrons. The van der Waals surface area contributed by atoms with Crippen molar-refractivity contribution in [1.82, 2.24) is 4.90 Å². The minimum absolute atomic E-state index is 0.0611. The highest BCUT2D eigenvalue weighted by Crippen LogP contribution is 2.33. The molecule has 1 unspecified atom stereocenters.